The van der Waals surface area contributed by atoms with Crippen LogP contribution in [-0.4, -0.2) is 29.3 Å². The highest BCUT2D eigenvalue weighted by atomic mass is 35.5. The molecule has 0 saturated heterocycles. The van der Waals surface area contributed by atoms with E-state index in [9.17, 15) is 0 Å². The summed E-state index contributed by atoms with van der Waals surface area (Å²) in [6.07, 6.45) is 10.5. The van der Waals surface area contributed by atoms with Crippen LogP contribution in [0.5, 0.6) is 0 Å². The minimum Gasteiger partial charge on any atom is -0.367 e. The van der Waals surface area contributed by atoms with Crippen molar-refractivity contribution in [3.63, 3.8) is 0 Å². The van der Waals surface area contributed by atoms with Gasteiger partial charge in [0.2, 0.25) is 0 Å². The molecule has 0 fully saturated rings. The standard InChI is InChI=1S/C17H21Cl2N3/c1-2-4-14(15(19)12-18)16(22-17-5-3-8-21-17)11-13-6-9-20-10-7-13/h2,4,6-7,9-10,16H,3,5,8,11-12H2,1H3,(H,21,22)/b4-2-,15-14-. The van der Waals surface area contributed by atoms with Crippen LogP contribution in [0.25, 0.3) is 0 Å². The molecule has 0 saturated carbocycles. The Morgan fingerprint density at radius 1 is 1.41 bits per heavy atom. The number of hydrogen-bond acceptors (Lipinski definition) is 3. The van der Waals surface area contributed by atoms with Crippen LogP contribution in [0.1, 0.15) is 25.3 Å². The second-order valence-corrected chi connectivity index (χ2v) is 5.91. The summed E-state index contributed by atoms with van der Waals surface area (Å²) in [5.74, 6) is 1.36. The lowest BCUT2D eigenvalue weighted by molar-refractivity contribution is 0.689. The second kappa shape index (κ2) is 8.96. The molecule has 1 aliphatic rings. The fourth-order valence-electron chi connectivity index (χ4n) is 2.50. The molecule has 0 bridgehead atoms. The molecule has 1 aliphatic heterocycles. The van der Waals surface area contributed by atoms with Crippen molar-refractivity contribution in [2.24, 2.45) is 4.99 Å². The first-order valence-corrected chi connectivity index (χ1v) is 8.41. The summed E-state index contributed by atoms with van der Waals surface area (Å²) < 4.78 is 0. The average molecular weight is 338 g/mol. The first-order valence-electron chi connectivity index (χ1n) is 7.50. The average Bonchev–Trinajstić information content (AvgIpc) is 3.05. The van der Waals surface area contributed by atoms with Gasteiger partial charge in [0, 0.05) is 30.4 Å². The van der Waals surface area contributed by atoms with E-state index in [1.807, 2.05) is 43.6 Å². The quantitative estimate of drug-likeness (QED) is 0.627. The number of allylic oxidation sites excluding steroid dienone is 2. The van der Waals surface area contributed by atoms with E-state index in [1.54, 1.807) is 0 Å². The number of hydrogen-bond donors (Lipinski definition) is 1. The first kappa shape index (κ1) is 17.0. The number of alkyl halides is 1. The highest BCUT2D eigenvalue weighted by Gasteiger charge is 2.19. The van der Waals surface area contributed by atoms with Crippen molar-refractivity contribution < 1.29 is 0 Å². The fraction of sp³-hybridized carbons (Fsp3) is 0.412. The SMILES string of the molecule is C/C=C\C(=C(\Cl)CCl)C(Cc1ccncc1)NC1=NCCC1. The van der Waals surface area contributed by atoms with Crippen LogP contribution in [0.15, 0.2) is 52.3 Å². The molecule has 1 aromatic rings. The number of nitrogens with zero attached hydrogens (tertiary/aromatic N) is 2. The number of aromatic nitrogens is 1. The Bertz CT molecular complexity index is 565. The van der Waals surface area contributed by atoms with Crippen molar-refractivity contribution in [3.8, 4) is 0 Å². The van der Waals surface area contributed by atoms with Gasteiger partial charge < -0.3 is 5.32 Å². The second-order valence-electron chi connectivity index (χ2n) is 5.18. The van der Waals surface area contributed by atoms with Gasteiger partial charge in [-0.25, -0.2) is 0 Å². The molecule has 1 aromatic heterocycles. The van der Waals surface area contributed by atoms with Gasteiger partial charge in [0.25, 0.3) is 0 Å². The van der Waals surface area contributed by atoms with Crippen molar-refractivity contribution in [3.05, 3.63) is 52.8 Å². The highest BCUT2D eigenvalue weighted by molar-refractivity contribution is 6.36. The predicted octanol–water partition coefficient (Wildman–Crippen LogP) is 4.08. The smallest absolute Gasteiger partial charge is 0.0968 e. The van der Waals surface area contributed by atoms with Crippen LogP contribution in [-0.2, 0) is 6.42 Å². The number of amidine groups is 1. The van der Waals surface area contributed by atoms with Gasteiger partial charge in [-0.05, 0) is 43.0 Å². The molecule has 1 N–H and O–H groups in total. The van der Waals surface area contributed by atoms with Crippen molar-refractivity contribution in [2.75, 3.05) is 12.4 Å². The van der Waals surface area contributed by atoms with E-state index in [1.165, 1.54) is 5.56 Å². The Morgan fingerprint density at radius 2 is 2.18 bits per heavy atom. The summed E-state index contributed by atoms with van der Waals surface area (Å²) >= 11 is 12.3. The lowest BCUT2D eigenvalue weighted by Gasteiger charge is -2.22. The van der Waals surface area contributed by atoms with E-state index in [4.69, 9.17) is 23.2 Å². The molecule has 3 nitrogen and oxygen atoms in total. The molecular formula is C17H21Cl2N3. The van der Waals surface area contributed by atoms with Crippen molar-refractivity contribution >= 4 is 29.0 Å². The largest absolute Gasteiger partial charge is 0.367 e. The molecule has 118 valence electrons. The summed E-state index contributed by atoms with van der Waals surface area (Å²) in [5, 5.41) is 4.21. The van der Waals surface area contributed by atoms with Gasteiger partial charge in [0.1, 0.15) is 0 Å². The van der Waals surface area contributed by atoms with Gasteiger partial charge in [-0.3, -0.25) is 9.98 Å². The molecular weight excluding hydrogens is 317 g/mol. The van der Waals surface area contributed by atoms with Crippen molar-refractivity contribution in [1.29, 1.82) is 0 Å². The molecule has 5 heteroatoms. The highest BCUT2D eigenvalue weighted by Crippen LogP contribution is 2.20. The third-order valence-electron chi connectivity index (χ3n) is 3.56. The Balaban J connectivity index is 2.26. The van der Waals surface area contributed by atoms with Crippen molar-refractivity contribution in [1.82, 2.24) is 10.3 Å². The Morgan fingerprint density at radius 3 is 2.77 bits per heavy atom. The molecule has 22 heavy (non-hydrogen) atoms. The molecule has 0 aromatic carbocycles. The first-order chi connectivity index (χ1) is 10.7. The zero-order valence-electron chi connectivity index (χ0n) is 12.7. The predicted molar refractivity (Wildman–Crippen MR) is 94.8 cm³/mol. The lowest BCUT2D eigenvalue weighted by Crippen LogP contribution is -2.37. The van der Waals surface area contributed by atoms with Gasteiger partial charge >= 0.3 is 0 Å². The molecule has 0 radical (unpaired) electrons. The van der Waals surface area contributed by atoms with E-state index in [-0.39, 0.29) is 6.04 Å². The lowest BCUT2D eigenvalue weighted by atomic mass is 9.98. The molecule has 0 amide bonds. The maximum Gasteiger partial charge on any atom is 0.0968 e. The van der Waals surface area contributed by atoms with E-state index in [0.29, 0.717) is 10.9 Å². The van der Waals surface area contributed by atoms with Gasteiger partial charge in [-0.15, -0.1) is 11.6 Å². The summed E-state index contributed by atoms with van der Waals surface area (Å²) in [5.41, 5.74) is 2.22. The number of nitrogens with one attached hydrogen (secondary N) is 1. The summed E-state index contributed by atoms with van der Waals surface area (Å²) in [4.78, 5) is 8.59. The molecule has 2 heterocycles. The fourth-order valence-corrected chi connectivity index (χ4v) is 2.85. The monoisotopic (exact) mass is 337 g/mol. The number of aliphatic imine (C=N–C) groups is 1. The molecule has 1 atom stereocenters. The summed E-state index contributed by atoms with van der Waals surface area (Å²) in [7, 11) is 0. The number of rotatable bonds is 6. The van der Waals surface area contributed by atoms with Gasteiger partial charge in [0.05, 0.1) is 17.8 Å². The summed E-state index contributed by atoms with van der Waals surface area (Å²) in [6, 6.07) is 4.10. The molecule has 1 unspecified atom stereocenters. The molecule has 2 rings (SSSR count). The Labute approximate surface area is 142 Å². The molecule has 0 aliphatic carbocycles. The zero-order chi connectivity index (χ0) is 15.8. The minimum atomic E-state index is 0.0571. The Kier molecular flexibility index (Phi) is 6.94. The third-order valence-corrected chi connectivity index (χ3v) is 4.31. The van der Waals surface area contributed by atoms with E-state index in [0.717, 1.165) is 37.2 Å². The van der Waals surface area contributed by atoms with Crippen molar-refractivity contribution in [2.45, 2.75) is 32.2 Å². The third kappa shape index (κ3) is 4.85. The van der Waals surface area contributed by atoms with Crippen LogP contribution < -0.4 is 5.32 Å². The topological polar surface area (TPSA) is 37.3 Å². The van der Waals surface area contributed by atoms with Gasteiger partial charge in [0.15, 0.2) is 0 Å². The normalized spacial score (nSPS) is 17.3. The number of halogens is 2. The Hall–Kier alpha value is -1.32. The number of pyridine rings is 1. The minimum absolute atomic E-state index is 0.0571. The van der Waals surface area contributed by atoms with E-state index in [2.05, 4.69) is 15.3 Å². The van der Waals surface area contributed by atoms with Crippen LogP contribution in [0.3, 0.4) is 0 Å². The van der Waals surface area contributed by atoms with E-state index >= 15 is 0 Å². The van der Waals surface area contributed by atoms with E-state index < -0.39 is 0 Å². The van der Waals surface area contributed by atoms with Crippen LogP contribution in [0.4, 0.5) is 0 Å². The van der Waals surface area contributed by atoms with Gasteiger partial charge in [-0.2, -0.15) is 0 Å². The van der Waals surface area contributed by atoms with Crippen LogP contribution in [0, 0.1) is 0 Å². The van der Waals surface area contributed by atoms with Crippen LogP contribution in [0.2, 0.25) is 0 Å². The summed E-state index contributed by atoms with van der Waals surface area (Å²) in [6.45, 7) is 2.88. The maximum atomic E-state index is 6.36. The zero-order valence-corrected chi connectivity index (χ0v) is 14.2. The maximum absolute atomic E-state index is 6.36. The molecule has 0 spiro atoms. The van der Waals surface area contributed by atoms with Gasteiger partial charge in [-0.1, -0.05) is 23.8 Å². The van der Waals surface area contributed by atoms with Crippen LogP contribution >= 0.6 is 23.2 Å².